The Morgan fingerprint density at radius 1 is 0.585 bits per heavy atom. The Morgan fingerprint density at radius 2 is 1.09 bits per heavy atom. The molecule has 0 aliphatic heterocycles. The molecule has 9 rings (SSSR count). The van der Waals surface area contributed by atoms with Gasteiger partial charge in [0.25, 0.3) is 0 Å². The van der Waals surface area contributed by atoms with Crippen LogP contribution >= 0.6 is 0 Å². The second-order valence-electron chi connectivity index (χ2n) is 14.9. The molecule has 1 saturated carbocycles. The molecule has 0 radical (unpaired) electrons. The summed E-state index contributed by atoms with van der Waals surface area (Å²) in [4.78, 5) is 0. The van der Waals surface area contributed by atoms with Crippen LogP contribution in [0.3, 0.4) is 0 Å². The van der Waals surface area contributed by atoms with Crippen LogP contribution in [0.1, 0.15) is 62.3 Å². The third kappa shape index (κ3) is 4.83. The molecule has 0 saturated heterocycles. The Kier molecular flexibility index (Phi) is 7.87. The smallest absolute Gasteiger partial charge is 0.101 e. The summed E-state index contributed by atoms with van der Waals surface area (Å²) in [5.74, 6) is 0.679. The highest BCUT2D eigenvalue weighted by Crippen LogP contribution is 2.63. The lowest BCUT2D eigenvalue weighted by Crippen LogP contribution is -2.44. The van der Waals surface area contributed by atoms with Gasteiger partial charge in [-0.3, -0.25) is 0 Å². The van der Waals surface area contributed by atoms with Gasteiger partial charge in [-0.2, -0.15) is 10.5 Å². The number of fused-ring (bicyclic) bond motifs is 7. The monoisotopic (exact) mass is 680 g/mol. The van der Waals surface area contributed by atoms with E-state index in [4.69, 9.17) is 0 Å². The summed E-state index contributed by atoms with van der Waals surface area (Å²) in [5.41, 5.74) is 14.4. The zero-order valence-electron chi connectivity index (χ0n) is 30.4. The maximum Gasteiger partial charge on any atom is 0.101 e. The van der Waals surface area contributed by atoms with Gasteiger partial charge in [0.2, 0.25) is 0 Å². The molecule has 2 heteroatoms. The number of benzene rings is 7. The molecule has 2 aliphatic rings. The minimum atomic E-state index is -0.270. The molecule has 2 nitrogen and oxygen atoms in total. The Hall–Kier alpha value is -6.22. The van der Waals surface area contributed by atoms with E-state index < -0.39 is 0 Å². The first-order chi connectivity index (χ1) is 26.0. The quantitative estimate of drug-likeness (QED) is 0.137. The van der Waals surface area contributed by atoms with Crippen molar-refractivity contribution >= 4 is 21.5 Å². The molecule has 3 unspecified atom stereocenters. The molecular weight excluding hydrogens is 641 g/mol. The van der Waals surface area contributed by atoms with Gasteiger partial charge in [0.05, 0.1) is 11.1 Å². The van der Waals surface area contributed by atoms with Crippen molar-refractivity contribution in [3.8, 4) is 56.6 Å². The number of hydrogen-bond donors (Lipinski definition) is 0. The number of allylic oxidation sites excluding steroid dienone is 2. The average Bonchev–Trinajstić information content (AvgIpc) is 3.49. The van der Waals surface area contributed by atoms with Gasteiger partial charge in [-0.25, -0.2) is 0 Å². The van der Waals surface area contributed by atoms with Gasteiger partial charge in [0.15, 0.2) is 0 Å². The van der Waals surface area contributed by atoms with E-state index in [1.807, 2.05) is 6.07 Å². The summed E-state index contributed by atoms with van der Waals surface area (Å²) in [5, 5.41) is 25.2. The molecule has 7 aromatic rings. The second-order valence-corrected chi connectivity index (χ2v) is 14.9. The Bertz CT molecular complexity index is 2650. The molecule has 0 bridgehead atoms. The van der Waals surface area contributed by atoms with Gasteiger partial charge in [-0.15, -0.1) is 0 Å². The molecule has 7 aromatic carbocycles. The molecule has 2 aliphatic carbocycles. The van der Waals surface area contributed by atoms with Crippen LogP contribution in [0.25, 0.3) is 66.1 Å². The molecule has 0 heterocycles. The highest BCUT2D eigenvalue weighted by atomic mass is 14.6. The number of nitrogens with zero attached hydrogens (tertiary/aromatic N) is 2. The van der Waals surface area contributed by atoms with Crippen molar-refractivity contribution in [3.63, 3.8) is 0 Å². The Morgan fingerprint density at radius 3 is 1.68 bits per heavy atom. The fraction of sp³-hybridized carbons (Fsp3) is 0.176. The maximum absolute atomic E-state index is 10.2. The molecule has 0 N–H and O–H groups in total. The Balaban J connectivity index is 1.30. The molecular formula is C51H40N2. The first-order valence-electron chi connectivity index (χ1n) is 18.9. The third-order valence-corrected chi connectivity index (χ3v) is 12.5. The van der Waals surface area contributed by atoms with Gasteiger partial charge < -0.3 is 0 Å². The molecule has 53 heavy (non-hydrogen) atoms. The van der Waals surface area contributed by atoms with Crippen LogP contribution in [0.15, 0.2) is 145 Å². The SMILES string of the molecule is CC=C1CC(C)C2(c3cc(-c4c5ccccc5c(-c5ccc(-c6ccccc6)cc5)c5ccccc45)ccc3-c3cc(C#N)c(C#N)cc32)C(CC)C1. The number of rotatable bonds is 4. The molecule has 1 fully saturated rings. The number of nitriles is 2. The van der Waals surface area contributed by atoms with Gasteiger partial charge in [-0.05, 0) is 127 Å². The van der Waals surface area contributed by atoms with Crippen LogP contribution in [-0.4, -0.2) is 0 Å². The minimum absolute atomic E-state index is 0.270. The molecule has 1 spiro atoms. The van der Waals surface area contributed by atoms with E-state index in [0.29, 0.717) is 23.0 Å². The van der Waals surface area contributed by atoms with Gasteiger partial charge in [0.1, 0.15) is 12.1 Å². The largest absolute Gasteiger partial charge is 0.192 e. The number of hydrogen-bond acceptors (Lipinski definition) is 2. The van der Waals surface area contributed by atoms with E-state index in [2.05, 4.69) is 166 Å². The average molecular weight is 681 g/mol. The van der Waals surface area contributed by atoms with E-state index in [9.17, 15) is 10.5 Å². The van der Waals surface area contributed by atoms with Crippen molar-refractivity contribution < 1.29 is 0 Å². The van der Waals surface area contributed by atoms with Crippen molar-refractivity contribution in [3.05, 3.63) is 167 Å². The van der Waals surface area contributed by atoms with E-state index in [1.165, 1.54) is 77.2 Å². The first kappa shape index (κ1) is 32.7. The summed E-state index contributed by atoms with van der Waals surface area (Å²) in [6.45, 7) is 6.90. The van der Waals surface area contributed by atoms with E-state index in [0.717, 1.165) is 24.8 Å². The lowest BCUT2D eigenvalue weighted by atomic mass is 9.54. The van der Waals surface area contributed by atoms with Crippen LogP contribution in [0.2, 0.25) is 0 Å². The van der Waals surface area contributed by atoms with Gasteiger partial charge in [-0.1, -0.05) is 147 Å². The van der Waals surface area contributed by atoms with E-state index in [-0.39, 0.29) is 5.41 Å². The normalized spacial score (nSPS) is 19.6. The predicted octanol–water partition coefficient (Wildman–Crippen LogP) is 13.4. The summed E-state index contributed by atoms with van der Waals surface area (Å²) in [6.07, 6.45) is 5.39. The molecule has 3 atom stereocenters. The maximum atomic E-state index is 10.2. The summed E-state index contributed by atoms with van der Waals surface area (Å²) >= 11 is 0. The van der Waals surface area contributed by atoms with Crippen LogP contribution in [0, 0.1) is 34.5 Å². The predicted molar refractivity (Wildman–Crippen MR) is 219 cm³/mol. The summed E-state index contributed by atoms with van der Waals surface area (Å²) in [7, 11) is 0. The second kappa shape index (κ2) is 12.8. The van der Waals surface area contributed by atoms with Crippen molar-refractivity contribution in [2.45, 2.75) is 45.4 Å². The minimum Gasteiger partial charge on any atom is -0.192 e. The highest BCUT2D eigenvalue weighted by molar-refractivity contribution is 6.21. The van der Waals surface area contributed by atoms with Crippen molar-refractivity contribution in [1.29, 1.82) is 10.5 Å². The lowest BCUT2D eigenvalue weighted by Gasteiger charge is -2.49. The topological polar surface area (TPSA) is 47.6 Å². The fourth-order valence-electron chi connectivity index (χ4n) is 10.2. The summed E-state index contributed by atoms with van der Waals surface area (Å²) < 4.78 is 0. The lowest BCUT2D eigenvalue weighted by molar-refractivity contribution is 0.188. The standard InChI is InChI=1S/C51H40N2/c1-4-33-25-32(3)51(40(5-2)26-33)47-28-37(23-24-41(47)46-27-38(30-52)39(31-53)29-48(46)51)50-44-17-11-9-15-42(44)49(43-16-10-12-18-45(43)50)36-21-19-35(20-22-36)34-13-7-6-8-14-34/h4,6-24,27-29,32,40H,5,25-26H2,1-3H3. The fourth-order valence-corrected chi connectivity index (χ4v) is 10.2. The molecule has 254 valence electrons. The third-order valence-electron chi connectivity index (χ3n) is 12.5. The van der Waals surface area contributed by atoms with Crippen molar-refractivity contribution in [2.24, 2.45) is 11.8 Å². The van der Waals surface area contributed by atoms with Crippen LogP contribution in [0.4, 0.5) is 0 Å². The summed E-state index contributed by atoms with van der Waals surface area (Å²) in [6, 6.07) is 53.2. The zero-order chi connectivity index (χ0) is 36.3. The zero-order valence-corrected chi connectivity index (χ0v) is 30.4. The molecule has 0 aromatic heterocycles. The van der Waals surface area contributed by atoms with Crippen molar-refractivity contribution in [1.82, 2.24) is 0 Å². The van der Waals surface area contributed by atoms with Crippen molar-refractivity contribution in [2.75, 3.05) is 0 Å². The van der Waals surface area contributed by atoms with Gasteiger partial charge in [0, 0.05) is 5.41 Å². The van der Waals surface area contributed by atoms with E-state index >= 15 is 0 Å². The van der Waals surface area contributed by atoms with Crippen LogP contribution in [0.5, 0.6) is 0 Å². The van der Waals surface area contributed by atoms with E-state index in [1.54, 1.807) is 0 Å². The van der Waals surface area contributed by atoms with Crippen LogP contribution in [-0.2, 0) is 5.41 Å². The molecule has 0 amide bonds. The highest BCUT2D eigenvalue weighted by Gasteiger charge is 2.54. The van der Waals surface area contributed by atoms with Crippen LogP contribution < -0.4 is 0 Å². The Labute approximate surface area is 312 Å². The first-order valence-corrected chi connectivity index (χ1v) is 18.9. The van der Waals surface area contributed by atoms with Gasteiger partial charge >= 0.3 is 0 Å².